The molecule has 2 aromatic carbocycles. The summed E-state index contributed by atoms with van der Waals surface area (Å²) in [7, 11) is 0. The van der Waals surface area contributed by atoms with E-state index in [1.54, 1.807) is 42.5 Å². The van der Waals surface area contributed by atoms with Gasteiger partial charge in [0.1, 0.15) is 11.8 Å². The van der Waals surface area contributed by atoms with Gasteiger partial charge in [0.15, 0.2) is 6.61 Å². The summed E-state index contributed by atoms with van der Waals surface area (Å²) in [6, 6.07) is 11.4. The summed E-state index contributed by atoms with van der Waals surface area (Å²) in [4.78, 5) is 27.5. The van der Waals surface area contributed by atoms with E-state index in [9.17, 15) is 9.59 Å². The topological polar surface area (TPSA) is 58.6 Å². The summed E-state index contributed by atoms with van der Waals surface area (Å²) in [5.41, 5.74) is 0.760. The summed E-state index contributed by atoms with van der Waals surface area (Å²) in [6.07, 6.45) is 0.448. The van der Waals surface area contributed by atoms with Crippen molar-refractivity contribution >= 4 is 46.6 Å². The number of ether oxygens (including phenoxy) is 1. The molecule has 1 unspecified atom stereocenters. The second-order valence-corrected chi connectivity index (χ2v) is 8.77. The summed E-state index contributed by atoms with van der Waals surface area (Å²) in [5.74, 6) is 0.161. The van der Waals surface area contributed by atoms with Crippen molar-refractivity contribution in [3.8, 4) is 5.75 Å². The number of nitrogens with one attached hydrogen (secondary N) is 1. The Morgan fingerprint density at radius 1 is 1.03 bits per heavy atom. The van der Waals surface area contributed by atoms with Crippen molar-refractivity contribution in [2.45, 2.75) is 39.8 Å². The van der Waals surface area contributed by atoms with E-state index in [-0.39, 0.29) is 25.0 Å². The van der Waals surface area contributed by atoms with Crippen LogP contribution in [0.4, 0.5) is 0 Å². The van der Waals surface area contributed by atoms with Crippen LogP contribution in [0.15, 0.2) is 42.5 Å². The van der Waals surface area contributed by atoms with Crippen LogP contribution in [0.5, 0.6) is 5.75 Å². The van der Waals surface area contributed by atoms with Crippen molar-refractivity contribution in [2.75, 3.05) is 13.2 Å². The first kappa shape index (κ1) is 25.3. The second-order valence-electron chi connectivity index (χ2n) is 7.55. The third-order valence-electron chi connectivity index (χ3n) is 4.60. The molecule has 1 atom stereocenters. The van der Waals surface area contributed by atoms with Crippen LogP contribution < -0.4 is 10.1 Å². The number of nitrogens with zero attached hydrogens (tertiary/aromatic N) is 1. The molecule has 2 aromatic rings. The zero-order valence-electron chi connectivity index (χ0n) is 17.8. The van der Waals surface area contributed by atoms with Crippen LogP contribution in [0, 0.1) is 5.92 Å². The van der Waals surface area contributed by atoms with Gasteiger partial charge >= 0.3 is 0 Å². The van der Waals surface area contributed by atoms with Crippen molar-refractivity contribution in [3.05, 3.63) is 63.1 Å². The second kappa shape index (κ2) is 12.2. The van der Waals surface area contributed by atoms with E-state index in [2.05, 4.69) is 5.32 Å². The van der Waals surface area contributed by atoms with Gasteiger partial charge in [0, 0.05) is 13.1 Å². The van der Waals surface area contributed by atoms with E-state index in [1.807, 2.05) is 20.8 Å². The number of hydrogen-bond acceptors (Lipinski definition) is 3. The first-order valence-electron chi connectivity index (χ1n) is 10.1. The summed E-state index contributed by atoms with van der Waals surface area (Å²) in [5, 5.41) is 4.13. The summed E-state index contributed by atoms with van der Waals surface area (Å²) in [6.45, 7) is 6.35. The fraction of sp³-hybridized carbons (Fsp3) is 0.391. The van der Waals surface area contributed by atoms with Crippen molar-refractivity contribution in [1.82, 2.24) is 10.2 Å². The van der Waals surface area contributed by atoms with Crippen LogP contribution in [0.25, 0.3) is 0 Å². The number of rotatable bonds is 10. The Morgan fingerprint density at radius 2 is 1.74 bits per heavy atom. The van der Waals surface area contributed by atoms with Crippen LogP contribution in [-0.2, 0) is 16.1 Å². The minimum absolute atomic E-state index is 0.190. The van der Waals surface area contributed by atoms with Crippen molar-refractivity contribution in [1.29, 1.82) is 0 Å². The fourth-order valence-corrected chi connectivity index (χ4v) is 3.47. The molecule has 0 heterocycles. The molecule has 1 N–H and O–H groups in total. The summed E-state index contributed by atoms with van der Waals surface area (Å²) >= 11 is 18.3. The first-order valence-corrected chi connectivity index (χ1v) is 11.2. The van der Waals surface area contributed by atoms with E-state index in [0.717, 1.165) is 5.56 Å². The van der Waals surface area contributed by atoms with Crippen LogP contribution in [0.3, 0.4) is 0 Å². The van der Waals surface area contributed by atoms with Crippen molar-refractivity contribution in [3.63, 3.8) is 0 Å². The predicted octanol–water partition coefficient (Wildman–Crippen LogP) is 5.61. The van der Waals surface area contributed by atoms with Gasteiger partial charge < -0.3 is 15.0 Å². The molecule has 0 aliphatic rings. The molecule has 0 spiro atoms. The van der Waals surface area contributed by atoms with E-state index >= 15 is 0 Å². The lowest BCUT2D eigenvalue weighted by molar-refractivity contribution is -0.143. The predicted molar refractivity (Wildman–Crippen MR) is 126 cm³/mol. The Kier molecular flexibility index (Phi) is 9.94. The van der Waals surface area contributed by atoms with E-state index < -0.39 is 6.04 Å². The molecular formula is C23H27Cl3N2O3. The number of carbonyl (C=O) groups excluding carboxylic acids is 2. The van der Waals surface area contributed by atoms with Gasteiger partial charge in [-0.1, -0.05) is 73.8 Å². The maximum Gasteiger partial charge on any atom is 0.261 e. The highest BCUT2D eigenvalue weighted by atomic mass is 35.5. The van der Waals surface area contributed by atoms with Crippen molar-refractivity contribution < 1.29 is 14.3 Å². The van der Waals surface area contributed by atoms with E-state index in [4.69, 9.17) is 39.5 Å². The highest BCUT2D eigenvalue weighted by Crippen LogP contribution is 2.25. The summed E-state index contributed by atoms with van der Waals surface area (Å²) < 4.78 is 5.63. The minimum Gasteiger partial charge on any atom is -0.482 e. The molecule has 168 valence electrons. The lowest BCUT2D eigenvalue weighted by Crippen LogP contribution is -2.50. The zero-order chi connectivity index (χ0) is 23.0. The zero-order valence-corrected chi connectivity index (χ0v) is 20.1. The number of carbonyl (C=O) groups is 2. The van der Waals surface area contributed by atoms with Gasteiger partial charge in [0.2, 0.25) is 5.91 Å². The van der Waals surface area contributed by atoms with Gasteiger partial charge in [-0.05, 0) is 42.2 Å². The molecule has 2 rings (SSSR count). The Bertz CT molecular complexity index is 905. The molecule has 31 heavy (non-hydrogen) atoms. The quantitative estimate of drug-likeness (QED) is 0.476. The molecule has 0 aromatic heterocycles. The molecule has 0 bridgehead atoms. The largest absolute Gasteiger partial charge is 0.482 e. The number of hydrogen-bond donors (Lipinski definition) is 1. The van der Waals surface area contributed by atoms with Gasteiger partial charge in [-0.2, -0.15) is 0 Å². The van der Waals surface area contributed by atoms with Gasteiger partial charge in [-0.15, -0.1) is 0 Å². The van der Waals surface area contributed by atoms with Crippen molar-refractivity contribution in [2.24, 2.45) is 5.92 Å². The molecule has 0 aliphatic heterocycles. The van der Waals surface area contributed by atoms with E-state index in [0.29, 0.717) is 39.7 Å². The number of amides is 2. The monoisotopic (exact) mass is 484 g/mol. The molecule has 8 heteroatoms. The molecule has 5 nitrogen and oxygen atoms in total. The van der Waals surface area contributed by atoms with Crippen LogP contribution in [-0.4, -0.2) is 35.9 Å². The normalized spacial score (nSPS) is 11.8. The molecule has 0 fully saturated rings. The lowest BCUT2D eigenvalue weighted by Gasteiger charge is -2.31. The lowest BCUT2D eigenvalue weighted by atomic mass is 10.1. The highest BCUT2D eigenvalue weighted by molar-refractivity contribution is 6.42. The molecular weight excluding hydrogens is 459 g/mol. The SMILES string of the molecule is CCC(C(=O)NCC(C)C)N(Cc1ccc(Cl)c(Cl)c1)C(=O)COc1ccccc1Cl. The number of halogens is 3. The maximum atomic E-state index is 13.1. The van der Waals surface area contributed by atoms with Gasteiger partial charge in [-0.3, -0.25) is 9.59 Å². The Balaban J connectivity index is 2.24. The Morgan fingerprint density at radius 3 is 2.35 bits per heavy atom. The van der Waals surface area contributed by atoms with Gasteiger partial charge in [0.05, 0.1) is 15.1 Å². The van der Waals surface area contributed by atoms with E-state index in [1.165, 1.54) is 4.90 Å². The maximum absolute atomic E-state index is 13.1. The smallest absolute Gasteiger partial charge is 0.261 e. The number of benzene rings is 2. The standard InChI is InChI=1S/C23H27Cl3N2O3/c1-4-20(23(30)27-12-15(2)3)28(13-16-9-10-17(24)19(26)11-16)22(29)14-31-21-8-6-5-7-18(21)25/h5-11,15,20H,4,12-14H2,1-3H3,(H,27,30). The van der Waals surface area contributed by atoms with Crippen LogP contribution >= 0.6 is 34.8 Å². The molecule has 0 aliphatic carbocycles. The van der Waals surface area contributed by atoms with Crippen LogP contribution in [0.1, 0.15) is 32.8 Å². The first-order chi connectivity index (χ1) is 14.7. The number of para-hydroxylation sites is 1. The third-order valence-corrected chi connectivity index (χ3v) is 5.65. The molecule has 0 saturated heterocycles. The molecule has 0 radical (unpaired) electrons. The third kappa shape index (κ3) is 7.60. The highest BCUT2D eigenvalue weighted by Gasteiger charge is 2.29. The average Bonchev–Trinajstić information content (AvgIpc) is 2.73. The fourth-order valence-electron chi connectivity index (χ4n) is 2.96. The molecule has 0 saturated carbocycles. The molecule has 2 amide bonds. The van der Waals surface area contributed by atoms with Gasteiger partial charge in [0.25, 0.3) is 5.91 Å². The Hall–Kier alpha value is -1.95. The Labute approximate surface area is 198 Å². The van der Waals surface area contributed by atoms with Gasteiger partial charge in [-0.25, -0.2) is 0 Å². The minimum atomic E-state index is -0.657. The average molecular weight is 486 g/mol. The van der Waals surface area contributed by atoms with Crippen LogP contribution in [0.2, 0.25) is 15.1 Å².